The molecule has 2 aromatic carbocycles. The second kappa shape index (κ2) is 9.57. The van der Waals surface area contributed by atoms with Gasteiger partial charge in [0.1, 0.15) is 12.6 Å². The quantitative estimate of drug-likeness (QED) is 0.544. The number of esters is 1. The first-order chi connectivity index (χ1) is 14.9. The van der Waals surface area contributed by atoms with Crippen molar-refractivity contribution in [3.8, 4) is 12.3 Å². The lowest BCUT2D eigenvalue weighted by molar-refractivity contribution is -0.143. The number of hydrogen-bond donors (Lipinski definition) is 1. The number of carbonyl (C=O) groups excluding carboxylic acids is 2. The molecule has 3 rings (SSSR count). The third kappa shape index (κ3) is 5.18. The van der Waals surface area contributed by atoms with E-state index in [4.69, 9.17) is 15.9 Å². The number of methoxy groups -OCH3 is 1. The average Bonchev–Trinajstić information content (AvgIpc) is 3.17. The lowest BCUT2D eigenvalue weighted by Crippen LogP contribution is -2.45. The van der Waals surface area contributed by atoms with Crippen molar-refractivity contribution < 1.29 is 19.1 Å². The van der Waals surface area contributed by atoms with Crippen LogP contribution in [0.1, 0.15) is 37.3 Å². The van der Waals surface area contributed by atoms with E-state index in [1.165, 1.54) is 7.11 Å². The Bertz CT molecular complexity index is 965. The number of terminal acetylenes is 1. The van der Waals surface area contributed by atoms with Crippen molar-refractivity contribution in [3.05, 3.63) is 65.7 Å². The fourth-order valence-electron chi connectivity index (χ4n) is 3.85. The Balaban J connectivity index is 1.71. The minimum atomic E-state index is -0.833. The normalized spacial score (nSPS) is 16.1. The van der Waals surface area contributed by atoms with E-state index in [2.05, 4.69) is 16.1 Å². The van der Waals surface area contributed by atoms with Crippen LogP contribution in [0, 0.1) is 12.3 Å². The van der Waals surface area contributed by atoms with E-state index in [0.29, 0.717) is 13.0 Å². The summed E-state index contributed by atoms with van der Waals surface area (Å²) in [7, 11) is 1.31. The molecule has 1 aliphatic heterocycles. The molecule has 1 heterocycles. The predicted molar refractivity (Wildman–Crippen MR) is 120 cm³/mol. The van der Waals surface area contributed by atoms with Crippen LogP contribution in [0.2, 0.25) is 0 Å². The second-order valence-electron chi connectivity index (χ2n) is 8.09. The van der Waals surface area contributed by atoms with Gasteiger partial charge in [0.15, 0.2) is 0 Å². The van der Waals surface area contributed by atoms with Crippen molar-refractivity contribution in [1.82, 2.24) is 5.32 Å². The molecule has 2 atom stereocenters. The number of nitrogens with one attached hydrogen (secondary N) is 1. The maximum atomic E-state index is 12.4. The Kier molecular flexibility index (Phi) is 6.86. The van der Waals surface area contributed by atoms with Gasteiger partial charge < -0.3 is 19.7 Å². The van der Waals surface area contributed by atoms with Crippen LogP contribution in [-0.4, -0.2) is 37.3 Å². The van der Waals surface area contributed by atoms with Gasteiger partial charge >= 0.3 is 12.1 Å². The van der Waals surface area contributed by atoms with Crippen molar-refractivity contribution in [2.24, 2.45) is 0 Å². The summed E-state index contributed by atoms with van der Waals surface area (Å²) in [5, 5.41) is 2.67. The van der Waals surface area contributed by atoms with Gasteiger partial charge in [0, 0.05) is 18.2 Å². The Labute approximate surface area is 183 Å². The maximum Gasteiger partial charge on any atom is 0.408 e. The molecular weight excluding hydrogens is 392 g/mol. The molecule has 31 heavy (non-hydrogen) atoms. The third-order valence-electron chi connectivity index (χ3n) is 5.61. The minimum absolute atomic E-state index is 0.00217. The Morgan fingerprint density at radius 3 is 2.55 bits per heavy atom. The number of para-hydroxylation sites is 1. The molecule has 6 heteroatoms. The maximum absolute atomic E-state index is 12.4. The fourth-order valence-corrected chi connectivity index (χ4v) is 3.85. The largest absolute Gasteiger partial charge is 0.467 e. The van der Waals surface area contributed by atoms with Gasteiger partial charge in [-0.15, -0.1) is 6.42 Å². The van der Waals surface area contributed by atoms with Crippen LogP contribution in [0.5, 0.6) is 0 Å². The third-order valence-corrected chi connectivity index (χ3v) is 5.61. The van der Waals surface area contributed by atoms with Crippen molar-refractivity contribution in [1.29, 1.82) is 0 Å². The molecule has 0 radical (unpaired) electrons. The number of benzene rings is 2. The predicted octanol–water partition coefficient (Wildman–Crippen LogP) is 3.86. The van der Waals surface area contributed by atoms with E-state index in [-0.39, 0.29) is 12.5 Å². The molecule has 0 saturated carbocycles. The van der Waals surface area contributed by atoms with Crippen molar-refractivity contribution in [2.45, 2.75) is 44.4 Å². The Morgan fingerprint density at radius 2 is 1.87 bits per heavy atom. The fraction of sp³-hybridized carbons (Fsp3) is 0.360. The SMILES string of the molecule is C#CC(C)(C)N1CC(C[C@H](NC(=O)OCc2ccccc2)C(=O)OC)c2ccccc21. The van der Waals surface area contributed by atoms with Crippen LogP contribution in [0.25, 0.3) is 0 Å². The van der Waals surface area contributed by atoms with E-state index >= 15 is 0 Å². The highest BCUT2D eigenvalue weighted by Gasteiger charge is 2.38. The summed E-state index contributed by atoms with van der Waals surface area (Å²) in [6.07, 6.45) is 5.48. The number of carbonyl (C=O) groups is 2. The first kappa shape index (κ1) is 22.2. The molecule has 1 unspecified atom stereocenters. The average molecular weight is 421 g/mol. The van der Waals surface area contributed by atoms with Crippen LogP contribution in [0.4, 0.5) is 10.5 Å². The first-order valence-corrected chi connectivity index (χ1v) is 10.2. The van der Waals surface area contributed by atoms with E-state index in [9.17, 15) is 9.59 Å². The molecule has 0 aliphatic carbocycles. The number of nitrogens with zero attached hydrogens (tertiary/aromatic N) is 1. The zero-order valence-corrected chi connectivity index (χ0v) is 18.1. The van der Waals surface area contributed by atoms with Crippen LogP contribution >= 0.6 is 0 Å². The number of alkyl carbamates (subject to hydrolysis) is 1. The van der Waals surface area contributed by atoms with E-state index in [1.54, 1.807) is 0 Å². The van der Waals surface area contributed by atoms with Gasteiger partial charge in [-0.3, -0.25) is 0 Å². The molecule has 0 bridgehead atoms. The van der Waals surface area contributed by atoms with E-state index < -0.39 is 23.6 Å². The molecule has 0 aromatic heterocycles. The molecule has 1 aliphatic rings. The molecule has 0 saturated heterocycles. The molecule has 162 valence electrons. The molecule has 0 fully saturated rings. The van der Waals surface area contributed by atoms with Gasteiger partial charge in [-0.05, 0) is 37.5 Å². The summed E-state index contributed by atoms with van der Waals surface area (Å²) >= 11 is 0. The van der Waals surface area contributed by atoms with Crippen LogP contribution in [0.15, 0.2) is 54.6 Å². The number of fused-ring (bicyclic) bond motifs is 1. The second-order valence-corrected chi connectivity index (χ2v) is 8.09. The Morgan fingerprint density at radius 1 is 1.19 bits per heavy atom. The molecule has 1 N–H and O–H groups in total. The minimum Gasteiger partial charge on any atom is -0.467 e. The Hall–Kier alpha value is -3.46. The van der Waals surface area contributed by atoms with Gasteiger partial charge in [-0.1, -0.05) is 54.5 Å². The van der Waals surface area contributed by atoms with Crippen molar-refractivity contribution >= 4 is 17.7 Å². The van der Waals surface area contributed by atoms with Crippen LogP contribution in [0.3, 0.4) is 0 Å². The first-order valence-electron chi connectivity index (χ1n) is 10.2. The monoisotopic (exact) mass is 420 g/mol. The van der Waals surface area contributed by atoms with E-state index in [0.717, 1.165) is 16.8 Å². The van der Waals surface area contributed by atoms with Gasteiger partial charge in [0.25, 0.3) is 0 Å². The van der Waals surface area contributed by atoms with Gasteiger partial charge in [-0.25, -0.2) is 9.59 Å². The lowest BCUT2D eigenvalue weighted by atomic mass is 9.94. The topological polar surface area (TPSA) is 67.9 Å². The number of amides is 1. The van der Waals surface area contributed by atoms with Gasteiger partial charge in [0.2, 0.25) is 0 Å². The summed E-state index contributed by atoms with van der Waals surface area (Å²) in [4.78, 5) is 26.9. The molecular formula is C25H28N2O4. The highest BCUT2D eigenvalue weighted by atomic mass is 16.6. The highest BCUT2D eigenvalue weighted by Crippen LogP contribution is 2.42. The molecule has 6 nitrogen and oxygen atoms in total. The molecule has 2 aromatic rings. The summed E-state index contributed by atoms with van der Waals surface area (Å²) in [6, 6.07) is 16.5. The summed E-state index contributed by atoms with van der Waals surface area (Å²) in [5.41, 5.74) is 2.53. The lowest BCUT2D eigenvalue weighted by Gasteiger charge is -2.33. The number of anilines is 1. The summed E-state index contributed by atoms with van der Waals surface area (Å²) < 4.78 is 10.2. The summed E-state index contributed by atoms with van der Waals surface area (Å²) in [6.45, 7) is 4.74. The van der Waals surface area contributed by atoms with Crippen LogP contribution in [-0.2, 0) is 20.9 Å². The van der Waals surface area contributed by atoms with Crippen LogP contribution < -0.4 is 10.2 Å². The highest BCUT2D eigenvalue weighted by molar-refractivity contribution is 5.81. The number of hydrogen-bond acceptors (Lipinski definition) is 5. The van der Waals surface area contributed by atoms with Gasteiger partial charge in [0.05, 0.1) is 12.6 Å². The zero-order chi connectivity index (χ0) is 22.4. The zero-order valence-electron chi connectivity index (χ0n) is 18.1. The summed E-state index contributed by atoms with van der Waals surface area (Å²) in [5.74, 6) is 2.33. The molecule has 1 amide bonds. The van der Waals surface area contributed by atoms with E-state index in [1.807, 2.05) is 68.4 Å². The van der Waals surface area contributed by atoms with Crippen molar-refractivity contribution in [2.75, 3.05) is 18.6 Å². The standard InChI is InChI=1S/C25H28N2O4/c1-5-25(2,3)27-16-19(20-13-9-10-14-22(20)27)15-21(23(28)30-4)26-24(29)31-17-18-11-7-6-8-12-18/h1,6-14,19,21H,15-17H2,2-4H3,(H,26,29)/t19?,21-/m0/s1. The number of rotatable bonds is 7. The van der Waals surface area contributed by atoms with Gasteiger partial charge in [-0.2, -0.15) is 0 Å². The number of ether oxygens (including phenoxy) is 2. The smallest absolute Gasteiger partial charge is 0.408 e. The molecule has 0 spiro atoms. The van der Waals surface area contributed by atoms with Crippen molar-refractivity contribution in [3.63, 3.8) is 0 Å².